The minimum Gasteiger partial charge on any atom is -1.00 e. The second kappa shape index (κ2) is 9.18. The molecule has 0 aliphatic rings. The molecule has 0 amide bonds. The summed E-state index contributed by atoms with van der Waals surface area (Å²) in [5.41, 5.74) is 0. The smallest absolute Gasteiger partial charge is 0.161 e. The first-order valence-corrected chi connectivity index (χ1v) is 6.36. The third-order valence-corrected chi connectivity index (χ3v) is 2.51. The molecule has 0 aliphatic carbocycles. The molecule has 0 saturated carbocycles. The van der Waals surface area contributed by atoms with Crippen molar-refractivity contribution in [3.8, 4) is 11.5 Å². The lowest BCUT2D eigenvalue weighted by Gasteiger charge is -2.24. The molecule has 0 aromatic heterocycles. The highest BCUT2D eigenvalue weighted by Crippen LogP contribution is 2.26. The van der Waals surface area contributed by atoms with Crippen molar-refractivity contribution in [2.24, 2.45) is 0 Å². The Bertz CT molecular complexity index is 382. The van der Waals surface area contributed by atoms with E-state index >= 15 is 0 Å². The molecule has 2 N–H and O–H groups in total. The molecule has 0 bridgehead atoms. The zero-order valence-corrected chi connectivity index (χ0v) is 13.8. The van der Waals surface area contributed by atoms with Crippen LogP contribution in [-0.2, 0) is 0 Å². The van der Waals surface area contributed by atoms with E-state index in [4.69, 9.17) is 14.6 Å². The van der Waals surface area contributed by atoms with Crippen molar-refractivity contribution in [3.63, 3.8) is 0 Å². The lowest BCUT2D eigenvalue weighted by molar-refractivity contribution is -0.870. The topological polar surface area (TPSA) is 58.9 Å². The maximum Gasteiger partial charge on any atom is 0.161 e. The van der Waals surface area contributed by atoms with Gasteiger partial charge in [-0.25, -0.2) is 0 Å². The van der Waals surface area contributed by atoms with Crippen LogP contribution in [0.1, 0.15) is 0 Å². The zero-order chi connectivity index (χ0) is 14.3. The first-order valence-electron chi connectivity index (χ1n) is 6.36. The average molecular weight is 350 g/mol. The molecule has 1 rings (SSSR count). The van der Waals surface area contributed by atoms with Crippen LogP contribution in [0.2, 0.25) is 0 Å². The molecule has 20 heavy (non-hydrogen) atoms. The first kappa shape index (κ1) is 19.2. The Balaban J connectivity index is 0.00000361. The highest BCUT2D eigenvalue weighted by molar-refractivity contribution is 5.39. The van der Waals surface area contributed by atoms with Crippen molar-refractivity contribution in [1.29, 1.82) is 0 Å². The molecule has 0 aliphatic heterocycles. The Hall–Kier alpha value is -0.820. The molecule has 1 aromatic rings. The number of para-hydroxylation sites is 2. The van der Waals surface area contributed by atoms with Gasteiger partial charge in [0.15, 0.2) is 11.5 Å². The normalized spacial score (nSPS) is 12.4. The van der Waals surface area contributed by atoms with Gasteiger partial charge in [0.2, 0.25) is 0 Å². The van der Waals surface area contributed by atoms with E-state index in [1.165, 1.54) is 0 Å². The molecule has 1 aromatic carbocycles. The number of benzene rings is 1. The molecule has 5 nitrogen and oxygen atoms in total. The van der Waals surface area contributed by atoms with Gasteiger partial charge in [-0.1, -0.05) is 12.1 Å². The van der Waals surface area contributed by atoms with E-state index in [1.54, 1.807) is 6.07 Å². The molecule has 116 valence electrons. The zero-order valence-electron chi connectivity index (χ0n) is 12.3. The fourth-order valence-electron chi connectivity index (χ4n) is 1.36. The summed E-state index contributed by atoms with van der Waals surface area (Å²) in [6.07, 6.45) is -0.876. The number of likely N-dealkylation sites (N-methyl/N-ethyl adjacent to an activating group) is 1. The number of aliphatic hydroxyl groups is 2. The maximum atomic E-state index is 9.27. The minimum absolute atomic E-state index is 0. The van der Waals surface area contributed by atoms with E-state index in [1.807, 2.05) is 18.2 Å². The number of hydrogen-bond donors (Lipinski definition) is 2. The Labute approximate surface area is 131 Å². The Morgan fingerprint density at radius 3 is 2.15 bits per heavy atom. The quantitative estimate of drug-likeness (QED) is 0.510. The molecule has 6 heteroatoms. The van der Waals surface area contributed by atoms with Gasteiger partial charge in [0.05, 0.1) is 27.7 Å². The van der Waals surface area contributed by atoms with Gasteiger partial charge in [-0.3, -0.25) is 0 Å². The van der Waals surface area contributed by atoms with Crippen LogP contribution in [0.3, 0.4) is 0 Å². The summed E-state index contributed by atoms with van der Waals surface area (Å²) in [6.45, 7) is 1.21. The molecule has 0 radical (unpaired) electrons. The minimum atomic E-state index is -0.876. The summed E-state index contributed by atoms with van der Waals surface area (Å²) in [5.74, 6) is 1.23. The number of nitrogens with zero attached hydrogens (tertiary/aromatic N) is 1. The lowest BCUT2D eigenvalue weighted by Crippen LogP contribution is -3.00. The molecule has 0 fully saturated rings. The largest absolute Gasteiger partial charge is 1.00 e. The van der Waals surface area contributed by atoms with Crippen LogP contribution in [0, 0.1) is 0 Å². The summed E-state index contributed by atoms with van der Waals surface area (Å²) in [4.78, 5) is 0. The number of aliphatic hydroxyl groups excluding tert-OH is 2. The van der Waals surface area contributed by atoms with E-state index in [2.05, 4.69) is 21.1 Å². The summed E-state index contributed by atoms with van der Waals surface area (Å²) in [7, 11) is 6.30. The van der Waals surface area contributed by atoms with Crippen LogP contribution >= 0.6 is 0 Å². The van der Waals surface area contributed by atoms with Gasteiger partial charge in [0, 0.05) is 0 Å². The third-order valence-electron chi connectivity index (χ3n) is 2.51. The van der Waals surface area contributed by atoms with Gasteiger partial charge in [-0.2, -0.15) is 0 Å². The predicted octanol–water partition coefficient (Wildman–Crippen LogP) is -2.49. The van der Waals surface area contributed by atoms with Gasteiger partial charge in [0.25, 0.3) is 0 Å². The van der Waals surface area contributed by atoms with Crippen molar-refractivity contribution in [1.82, 2.24) is 0 Å². The summed E-state index contributed by atoms with van der Waals surface area (Å²) in [6, 6.07) is 7.33. The Morgan fingerprint density at radius 2 is 1.65 bits per heavy atom. The maximum absolute atomic E-state index is 9.27. The van der Waals surface area contributed by atoms with Crippen LogP contribution in [0.5, 0.6) is 11.5 Å². The van der Waals surface area contributed by atoms with E-state index < -0.39 is 6.10 Å². The Kier molecular flexibility index (Phi) is 8.80. The van der Waals surface area contributed by atoms with Crippen molar-refractivity contribution < 1.29 is 41.2 Å². The first-order chi connectivity index (χ1) is 8.92. The molecule has 0 spiro atoms. The van der Waals surface area contributed by atoms with E-state index in [-0.39, 0.29) is 30.2 Å². The molecular weight excluding hydrogens is 326 g/mol. The SMILES string of the molecule is C[N+](C)(C)CCOc1ccccc1OCC(O)CO.[Br-]. The van der Waals surface area contributed by atoms with Crippen LogP contribution in [0.4, 0.5) is 0 Å². The summed E-state index contributed by atoms with van der Waals surface area (Å²) in [5, 5.41) is 18.0. The highest BCUT2D eigenvalue weighted by Gasteiger charge is 2.10. The van der Waals surface area contributed by atoms with Crippen molar-refractivity contribution in [2.75, 3.05) is 47.5 Å². The van der Waals surface area contributed by atoms with Gasteiger partial charge >= 0.3 is 0 Å². The van der Waals surface area contributed by atoms with Crippen LogP contribution in [-0.4, -0.2) is 68.3 Å². The second-order valence-electron chi connectivity index (χ2n) is 5.46. The van der Waals surface area contributed by atoms with Gasteiger partial charge in [-0.15, -0.1) is 0 Å². The van der Waals surface area contributed by atoms with Crippen molar-refractivity contribution in [3.05, 3.63) is 24.3 Å². The number of quaternary nitrogens is 1. The average Bonchev–Trinajstić information content (AvgIpc) is 2.35. The fraction of sp³-hybridized carbons (Fsp3) is 0.571. The van der Waals surface area contributed by atoms with Crippen LogP contribution in [0.15, 0.2) is 24.3 Å². The monoisotopic (exact) mass is 349 g/mol. The highest BCUT2D eigenvalue weighted by atomic mass is 79.9. The number of ether oxygens (including phenoxy) is 2. The van der Waals surface area contributed by atoms with Crippen LogP contribution in [0.25, 0.3) is 0 Å². The standard InChI is InChI=1S/C14H24NO4.BrH/c1-15(2,3)8-9-18-13-6-4-5-7-14(13)19-11-12(17)10-16;/h4-7,12,16-17H,8-11H2,1-3H3;1H/q+1;/p-1. The molecule has 1 atom stereocenters. The van der Waals surface area contributed by atoms with Gasteiger partial charge in [-0.05, 0) is 12.1 Å². The number of halogens is 1. The molecular formula is C14H24BrNO4. The fourth-order valence-corrected chi connectivity index (χ4v) is 1.36. The molecule has 1 unspecified atom stereocenters. The van der Waals surface area contributed by atoms with E-state index in [0.717, 1.165) is 11.0 Å². The van der Waals surface area contributed by atoms with E-state index in [9.17, 15) is 5.11 Å². The predicted molar refractivity (Wildman–Crippen MR) is 73.4 cm³/mol. The third kappa shape index (κ3) is 7.69. The lowest BCUT2D eigenvalue weighted by atomic mass is 10.3. The van der Waals surface area contributed by atoms with Crippen molar-refractivity contribution in [2.45, 2.75) is 6.10 Å². The Morgan fingerprint density at radius 1 is 1.10 bits per heavy atom. The van der Waals surface area contributed by atoms with Crippen LogP contribution < -0.4 is 26.5 Å². The number of rotatable bonds is 8. The number of hydrogen-bond acceptors (Lipinski definition) is 4. The van der Waals surface area contributed by atoms with Gasteiger partial charge < -0.3 is 41.2 Å². The molecule has 0 saturated heterocycles. The molecule has 0 heterocycles. The second-order valence-corrected chi connectivity index (χ2v) is 5.46. The summed E-state index contributed by atoms with van der Waals surface area (Å²) < 4.78 is 12.0. The van der Waals surface area contributed by atoms with Crippen molar-refractivity contribution >= 4 is 0 Å². The van der Waals surface area contributed by atoms with Gasteiger partial charge in [0.1, 0.15) is 25.9 Å². The summed E-state index contributed by atoms with van der Waals surface area (Å²) >= 11 is 0. The van der Waals surface area contributed by atoms with E-state index in [0.29, 0.717) is 18.1 Å².